The van der Waals surface area contributed by atoms with Gasteiger partial charge in [0.1, 0.15) is 19.3 Å². The number of ether oxygens (including phenoxy) is 5. The molecule has 0 N–H and O–H groups in total. The fraction of sp³-hybridized carbons (Fsp3) is 0.600. The number of rotatable bonds is 14. The molecular formula is C30H43NO7. The second-order valence-corrected chi connectivity index (χ2v) is 9.80. The number of piperidine rings is 1. The van der Waals surface area contributed by atoms with Gasteiger partial charge in [0.05, 0.1) is 33.4 Å². The molecule has 2 aliphatic rings. The number of hydrogen-bond donors (Lipinski definition) is 0. The number of carbonyl (C=O) groups is 2. The molecule has 0 spiro atoms. The molecule has 3 rings (SSSR count). The molecule has 210 valence electrons. The molecule has 1 aliphatic carbocycles. The number of benzene rings is 1. The third-order valence-corrected chi connectivity index (χ3v) is 7.34. The Bertz CT molecular complexity index is 916. The van der Waals surface area contributed by atoms with Gasteiger partial charge in [-0.2, -0.15) is 0 Å². The van der Waals surface area contributed by atoms with Gasteiger partial charge in [0.25, 0.3) is 0 Å². The van der Waals surface area contributed by atoms with E-state index in [1.54, 1.807) is 31.3 Å². The normalized spacial score (nSPS) is 18.8. The topological polar surface area (TPSA) is 83.5 Å². The maximum absolute atomic E-state index is 14.3. The summed E-state index contributed by atoms with van der Waals surface area (Å²) in [5.41, 5.74) is 0.817. The number of methoxy groups -OCH3 is 2. The number of hydrogen-bond acceptors (Lipinski definition) is 7. The van der Waals surface area contributed by atoms with Gasteiger partial charge in [0.15, 0.2) is 11.5 Å². The van der Waals surface area contributed by atoms with E-state index >= 15 is 0 Å². The Hall–Kier alpha value is -3.00. The number of nitrogens with zero attached hydrogens (tertiary/aromatic N) is 1. The van der Waals surface area contributed by atoms with Gasteiger partial charge < -0.3 is 28.6 Å². The smallest absolute Gasteiger partial charge is 0.328 e. The number of carbonyl (C=O) groups excluding carboxylic acids is 2. The van der Waals surface area contributed by atoms with E-state index in [1.807, 2.05) is 12.1 Å². The van der Waals surface area contributed by atoms with Crippen LogP contribution in [0, 0.1) is 5.92 Å². The van der Waals surface area contributed by atoms with Gasteiger partial charge in [-0.15, -0.1) is 6.58 Å². The van der Waals surface area contributed by atoms with Crippen molar-refractivity contribution < 1.29 is 33.3 Å². The Balaban J connectivity index is 1.91. The predicted molar refractivity (Wildman–Crippen MR) is 146 cm³/mol. The van der Waals surface area contributed by atoms with Crippen molar-refractivity contribution in [3.8, 4) is 17.2 Å². The van der Waals surface area contributed by atoms with Crippen LogP contribution >= 0.6 is 0 Å². The first kappa shape index (κ1) is 29.6. The standard InChI is InChI=1S/C30H43NO7/c1-5-16-36-18-19-38-30(33)24-14-10-11-15-31(24)29(32)27(22-12-8-7-9-13-22)23-20-25(34-3)28(37-17-6-2)26(21-23)35-4/h5-6,20-22,24,27H,1-2,7-19H2,3-4H3/t24-,27+/m1/s1. The number of esters is 1. The van der Waals surface area contributed by atoms with Crippen molar-refractivity contribution in [3.05, 3.63) is 43.0 Å². The SMILES string of the molecule is C=CCOCCOC(=O)[C@H]1CCCCN1C(=O)[C@H](c1cc(OC)c(OCC=C)c(OC)c1)C1CCCCC1. The Labute approximate surface area is 226 Å². The van der Waals surface area contributed by atoms with Crippen molar-refractivity contribution >= 4 is 11.9 Å². The van der Waals surface area contributed by atoms with Gasteiger partial charge in [-0.3, -0.25) is 4.79 Å². The molecule has 1 aromatic carbocycles. The van der Waals surface area contributed by atoms with Crippen LogP contribution in [0.2, 0.25) is 0 Å². The minimum atomic E-state index is -0.597. The highest BCUT2D eigenvalue weighted by Gasteiger charge is 2.40. The summed E-state index contributed by atoms with van der Waals surface area (Å²) in [6.07, 6.45) is 10.9. The molecule has 1 heterocycles. The third kappa shape index (κ3) is 7.53. The van der Waals surface area contributed by atoms with Crippen LogP contribution in [0.3, 0.4) is 0 Å². The first-order valence-electron chi connectivity index (χ1n) is 13.7. The lowest BCUT2D eigenvalue weighted by atomic mass is 9.75. The summed E-state index contributed by atoms with van der Waals surface area (Å²) in [6, 6.07) is 3.17. The Morgan fingerprint density at radius 3 is 2.24 bits per heavy atom. The second kappa shape index (κ2) is 15.4. The molecule has 8 nitrogen and oxygen atoms in total. The molecule has 1 amide bonds. The Kier molecular flexibility index (Phi) is 12.0. The Morgan fingerprint density at radius 2 is 1.61 bits per heavy atom. The van der Waals surface area contributed by atoms with E-state index in [1.165, 1.54) is 6.42 Å². The van der Waals surface area contributed by atoms with E-state index in [0.717, 1.165) is 44.1 Å². The minimum Gasteiger partial charge on any atom is -0.493 e. The zero-order chi connectivity index (χ0) is 27.3. The van der Waals surface area contributed by atoms with Crippen molar-refractivity contribution in [1.29, 1.82) is 0 Å². The first-order valence-corrected chi connectivity index (χ1v) is 13.7. The van der Waals surface area contributed by atoms with Crippen LogP contribution in [0.4, 0.5) is 0 Å². The zero-order valence-corrected chi connectivity index (χ0v) is 23.0. The fourth-order valence-corrected chi connectivity index (χ4v) is 5.53. The van der Waals surface area contributed by atoms with Gasteiger partial charge in [0, 0.05) is 6.54 Å². The van der Waals surface area contributed by atoms with E-state index in [0.29, 0.717) is 50.0 Å². The number of likely N-dealkylation sites (tertiary alicyclic amines) is 1. The highest BCUT2D eigenvalue weighted by molar-refractivity contribution is 5.89. The van der Waals surface area contributed by atoms with Crippen molar-refractivity contribution in [2.24, 2.45) is 5.92 Å². The predicted octanol–water partition coefficient (Wildman–Crippen LogP) is 5.06. The molecule has 1 saturated heterocycles. The molecule has 2 fully saturated rings. The lowest BCUT2D eigenvalue weighted by molar-refractivity contribution is -0.159. The van der Waals surface area contributed by atoms with Crippen LogP contribution in [-0.2, 0) is 19.1 Å². The zero-order valence-electron chi connectivity index (χ0n) is 23.0. The van der Waals surface area contributed by atoms with Crippen molar-refractivity contribution in [2.45, 2.75) is 63.3 Å². The lowest BCUT2D eigenvalue weighted by Gasteiger charge is -2.39. The van der Waals surface area contributed by atoms with Gasteiger partial charge in [-0.25, -0.2) is 4.79 Å². The number of amides is 1. The quantitative estimate of drug-likeness (QED) is 0.189. The van der Waals surface area contributed by atoms with Gasteiger partial charge in [0.2, 0.25) is 11.7 Å². The molecule has 2 atom stereocenters. The van der Waals surface area contributed by atoms with E-state index < -0.39 is 12.0 Å². The maximum Gasteiger partial charge on any atom is 0.328 e. The minimum absolute atomic E-state index is 0.0367. The molecule has 1 aromatic rings. The molecule has 0 unspecified atom stereocenters. The summed E-state index contributed by atoms with van der Waals surface area (Å²) in [7, 11) is 3.15. The highest BCUT2D eigenvalue weighted by Crippen LogP contribution is 2.45. The van der Waals surface area contributed by atoms with E-state index in [9.17, 15) is 9.59 Å². The highest BCUT2D eigenvalue weighted by atomic mass is 16.6. The first-order chi connectivity index (χ1) is 18.5. The molecular weight excluding hydrogens is 486 g/mol. The maximum atomic E-state index is 14.3. The monoisotopic (exact) mass is 529 g/mol. The molecule has 0 bridgehead atoms. The van der Waals surface area contributed by atoms with Crippen LogP contribution in [-0.4, -0.2) is 70.0 Å². The molecule has 1 aliphatic heterocycles. The van der Waals surface area contributed by atoms with Crippen molar-refractivity contribution in [3.63, 3.8) is 0 Å². The average Bonchev–Trinajstić information content (AvgIpc) is 2.96. The van der Waals surface area contributed by atoms with Crippen LogP contribution in [0.15, 0.2) is 37.4 Å². The lowest BCUT2D eigenvalue weighted by Crippen LogP contribution is -2.51. The van der Waals surface area contributed by atoms with Crippen LogP contribution in [0.5, 0.6) is 17.2 Å². The van der Waals surface area contributed by atoms with Crippen LogP contribution in [0.1, 0.15) is 62.8 Å². The van der Waals surface area contributed by atoms with Gasteiger partial charge >= 0.3 is 5.97 Å². The fourth-order valence-electron chi connectivity index (χ4n) is 5.53. The summed E-state index contributed by atoms with van der Waals surface area (Å²) < 4.78 is 28.0. The molecule has 38 heavy (non-hydrogen) atoms. The molecule has 1 saturated carbocycles. The van der Waals surface area contributed by atoms with E-state index in [2.05, 4.69) is 13.2 Å². The average molecular weight is 530 g/mol. The molecule has 0 radical (unpaired) electrons. The van der Waals surface area contributed by atoms with Crippen LogP contribution in [0.25, 0.3) is 0 Å². The summed E-state index contributed by atoms with van der Waals surface area (Å²) in [5, 5.41) is 0. The summed E-state index contributed by atoms with van der Waals surface area (Å²) in [5.74, 6) is 0.822. The van der Waals surface area contributed by atoms with E-state index in [4.69, 9.17) is 23.7 Å². The largest absolute Gasteiger partial charge is 0.493 e. The Morgan fingerprint density at radius 1 is 0.947 bits per heavy atom. The van der Waals surface area contributed by atoms with E-state index in [-0.39, 0.29) is 24.4 Å². The van der Waals surface area contributed by atoms with Gasteiger partial charge in [-0.05, 0) is 55.7 Å². The van der Waals surface area contributed by atoms with Crippen molar-refractivity contribution in [2.75, 3.05) is 47.2 Å². The van der Waals surface area contributed by atoms with Crippen molar-refractivity contribution in [1.82, 2.24) is 4.90 Å². The molecule has 8 heteroatoms. The second-order valence-electron chi connectivity index (χ2n) is 9.80. The summed E-state index contributed by atoms with van der Waals surface area (Å²) in [6.45, 7) is 9.01. The molecule has 0 aromatic heterocycles. The summed E-state index contributed by atoms with van der Waals surface area (Å²) in [4.78, 5) is 29.2. The van der Waals surface area contributed by atoms with Gasteiger partial charge in [-0.1, -0.05) is 38.0 Å². The van der Waals surface area contributed by atoms with Crippen LogP contribution < -0.4 is 14.2 Å². The third-order valence-electron chi connectivity index (χ3n) is 7.34. The summed E-state index contributed by atoms with van der Waals surface area (Å²) >= 11 is 0.